The van der Waals surface area contributed by atoms with Gasteiger partial charge in [0.05, 0.1) is 0 Å². The molecule has 96 valence electrons. The second kappa shape index (κ2) is 6.18. The van der Waals surface area contributed by atoms with E-state index < -0.39 is 0 Å². The van der Waals surface area contributed by atoms with E-state index in [-0.39, 0.29) is 6.04 Å². The number of aryl methyl sites for hydroxylation is 1. The molecule has 2 heteroatoms. The number of nitrogens with zero attached hydrogens (tertiary/aromatic N) is 1. The third-order valence-electron chi connectivity index (χ3n) is 3.04. The van der Waals surface area contributed by atoms with Crippen LogP contribution in [0.2, 0.25) is 0 Å². The molecule has 2 N–H and O–H groups in total. The number of hydrogen-bond donors (Lipinski definition) is 1. The quantitative estimate of drug-likeness (QED) is 0.848. The van der Waals surface area contributed by atoms with Gasteiger partial charge in [-0.25, -0.2) is 0 Å². The van der Waals surface area contributed by atoms with E-state index in [0.717, 1.165) is 6.54 Å². The molecule has 0 aromatic heterocycles. The zero-order valence-electron chi connectivity index (χ0n) is 11.8. The van der Waals surface area contributed by atoms with Crippen molar-refractivity contribution in [2.75, 3.05) is 13.6 Å². The van der Waals surface area contributed by atoms with Crippen LogP contribution in [-0.4, -0.2) is 24.5 Å². The first-order chi connectivity index (χ1) is 7.91. The summed E-state index contributed by atoms with van der Waals surface area (Å²) in [5, 5.41) is 0. The van der Waals surface area contributed by atoms with Crippen molar-refractivity contribution in [2.45, 2.75) is 39.8 Å². The van der Waals surface area contributed by atoms with Gasteiger partial charge in [0.15, 0.2) is 0 Å². The standard InChI is InChI=1S/C15H26N2/c1-11(2)10-17(5)15(13(4)16)14-8-6-12(3)7-9-14/h6-9,11,13,15H,10,16H2,1-5H3. The molecule has 0 aliphatic heterocycles. The van der Waals surface area contributed by atoms with Crippen molar-refractivity contribution in [3.8, 4) is 0 Å². The fourth-order valence-electron chi connectivity index (χ4n) is 2.41. The van der Waals surface area contributed by atoms with Gasteiger partial charge in [0.2, 0.25) is 0 Å². The van der Waals surface area contributed by atoms with Gasteiger partial charge in [0, 0.05) is 18.6 Å². The summed E-state index contributed by atoms with van der Waals surface area (Å²) in [7, 11) is 2.16. The Bertz CT molecular complexity index is 327. The Labute approximate surface area is 106 Å². The predicted octanol–water partition coefficient (Wildman–Crippen LogP) is 2.97. The highest BCUT2D eigenvalue weighted by Gasteiger charge is 2.21. The van der Waals surface area contributed by atoms with Crippen LogP contribution in [0.3, 0.4) is 0 Å². The summed E-state index contributed by atoms with van der Waals surface area (Å²) in [5.41, 5.74) is 8.75. The van der Waals surface area contributed by atoms with Crippen LogP contribution >= 0.6 is 0 Å². The fourth-order valence-corrected chi connectivity index (χ4v) is 2.41. The number of hydrogen-bond acceptors (Lipinski definition) is 2. The predicted molar refractivity (Wildman–Crippen MR) is 75.0 cm³/mol. The summed E-state index contributed by atoms with van der Waals surface area (Å²) in [6, 6.07) is 9.15. The zero-order valence-corrected chi connectivity index (χ0v) is 11.8. The summed E-state index contributed by atoms with van der Waals surface area (Å²) in [6.07, 6.45) is 0. The molecule has 0 saturated carbocycles. The first-order valence-electron chi connectivity index (χ1n) is 6.44. The second-order valence-electron chi connectivity index (χ2n) is 5.55. The van der Waals surface area contributed by atoms with Crippen LogP contribution in [0, 0.1) is 12.8 Å². The molecular weight excluding hydrogens is 208 g/mol. The number of nitrogens with two attached hydrogens (primary N) is 1. The van der Waals surface area contributed by atoms with Crippen LogP contribution in [0.5, 0.6) is 0 Å². The maximum Gasteiger partial charge on any atom is 0.0493 e. The Morgan fingerprint density at radius 3 is 2.06 bits per heavy atom. The molecule has 0 amide bonds. The molecule has 2 unspecified atom stereocenters. The summed E-state index contributed by atoms with van der Waals surface area (Å²) in [5.74, 6) is 0.659. The Kier molecular flexibility index (Phi) is 5.16. The van der Waals surface area contributed by atoms with Gasteiger partial charge in [-0.15, -0.1) is 0 Å². The number of benzene rings is 1. The minimum absolute atomic E-state index is 0.140. The van der Waals surface area contributed by atoms with Gasteiger partial charge in [-0.3, -0.25) is 4.90 Å². The Morgan fingerprint density at radius 2 is 1.65 bits per heavy atom. The lowest BCUT2D eigenvalue weighted by Crippen LogP contribution is -2.38. The first kappa shape index (κ1) is 14.2. The molecule has 0 heterocycles. The third kappa shape index (κ3) is 4.14. The zero-order chi connectivity index (χ0) is 13.0. The van der Waals surface area contributed by atoms with Gasteiger partial charge >= 0.3 is 0 Å². The smallest absolute Gasteiger partial charge is 0.0493 e. The Hall–Kier alpha value is -0.860. The Balaban J connectivity index is 2.89. The van der Waals surface area contributed by atoms with Gasteiger partial charge in [0.25, 0.3) is 0 Å². The van der Waals surface area contributed by atoms with Crippen LogP contribution in [0.25, 0.3) is 0 Å². The lowest BCUT2D eigenvalue weighted by Gasteiger charge is -2.32. The molecule has 0 aliphatic rings. The maximum atomic E-state index is 6.14. The van der Waals surface area contributed by atoms with Gasteiger partial charge in [-0.2, -0.15) is 0 Å². The molecule has 0 aliphatic carbocycles. The van der Waals surface area contributed by atoms with Gasteiger partial charge in [-0.05, 0) is 32.4 Å². The normalized spacial score (nSPS) is 15.3. The lowest BCUT2D eigenvalue weighted by atomic mass is 9.98. The highest BCUT2D eigenvalue weighted by Crippen LogP contribution is 2.23. The monoisotopic (exact) mass is 234 g/mol. The van der Waals surface area contributed by atoms with Crippen LogP contribution < -0.4 is 5.73 Å². The summed E-state index contributed by atoms with van der Waals surface area (Å²) < 4.78 is 0. The summed E-state index contributed by atoms with van der Waals surface area (Å²) in [6.45, 7) is 9.75. The van der Waals surface area contributed by atoms with E-state index in [1.165, 1.54) is 11.1 Å². The van der Waals surface area contributed by atoms with Gasteiger partial charge in [-0.1, -0.05) is 43.7 Å². The maximum absolute atomic E-state index is 6.14. The molecule has 0 spiro atoms. The van der Waals surface area contributed by atoms with E-state index in [1.807, 2.05) is 0 Å². The third-order valence-corrected chi connectivity index (χ3v) is 3.04. The highest BCUT2D eigenvalue weighted by atomic mass is 15.1. The number of likely N-dealkylation sites (N-methyl/N-ethyl adjacent to an activating group) is 1. The second-order valence-corrected chi connectivity index (χ2v) is 5.55. The van der Waals surface area contributed by atoms with Crippen molar-refractivity contribution in [3.63, 3.8) is 0 Å². The van der Waals surface area contributed by atoms with Crippen molar-refractivity contribution in [2.24, 2.45) is 11.7 Å². The first-order valence-corrected chi connectivity index (χ1v) is 6.44. The molecule has 1 aromatic rings. The Morgan fingerprint density at radius 1 is 1.12 bits per heavy atom. The molecular formula is C15H26N2. The molecule has 0 fully saturated rings. The molecule has 0 bridgehead atoms. The SMILES string of the molecule is Cc1ccc(C(C(C)N)N(C)CC(C)C)cc1. The van der Waals surface area contributed by atoms with Crippen LogP contribution in [-0.2, 0) is 0 Å². The van der Waals surface area contributed by atoms with Gasteiger partial charge in [0.1, 0.15) is 0 Å². The number of rotatable bonds is 5. The summed E-state index contributed by atoms with van der Waals surface area (Å²) >= 11 is 0. The average molecular weight is 234 g/mol. The molecule has 17 heavy (non-hydrogen) atoms. The van der Waals surface area contributed by atoms with E-state index >= 15 is 0 Å². The van der Waals surface area contributed by atoms with E-state index in [1.54, 1.807) is 0 Å². The molecule has 0 saturated heterocycles. The van der Waals surface area contributed by atoms with Crippen LogP contribution in [0.15, 0.2) is 24.3 Å². The minimum atomic E-state index is 0.140. The summed E-state index contributed by atoms with van der Waals surface area (Å²) in [4.78, 5) is 2.36. The fraction of sp³-hybridized carbons (Fsp3) is 0.600. The highest BCUT2D eigenvalue weighted by molar-refractivity contribution is 5.25. The minimum Gasteiger partial charge on any atom is -0.326 e. The molecule has 2 atom stereocenters. The van der Waals surface area contributed by atoms with E-state index in [4.69, 9.17) is 5.73 Å². The van der Waals surface area contributed by atoms with E-state index in [2.05, 4.69) is 63.9 Å². The van der Waals surface area contributed by atoms with Crippen molar-refractivity contribution in [1.29, 1.82) is 0 Å². The van der Waals surface area contributed by atoms with E-state index in [9.17, 15) is 0 Å². The van der Waals surface area contributed by atoms with Crippen molar-refractivity contribution in [3.05, 3.63) is 35.4 Å². The molecule has 0 radical (unpaired) electrons. The lowest BCUT2D eigenvalue weighted by molar-refractivity contribution is 0.197. The molecule has 1 rings (SSSR count). The van der Waals surface area contributed by atoms with Crippen molar-refractivity contribution in [1.82, 2.24) is 4.90 Å². The van der Waals surface area contributed by atoms with E-state index in [0.29, 0.717) is 12.0 Å². The molecule has 1 aromatic carbocycles. The topological polar surface area (TPSA) is 29.3 Å². The average Bonchev–Trinajstić information content (AvgIpc) is 2.19. The van der Waals surface area contributed by atoms with Crippen molar-refractivity contribution >= 4 is 0 Å². The van der Waals surface area contributed by atoms with Crippen LogP contribution in [0.4, 0.5) is 0 Å². The molecule has 2 nitrogen and oxygen atoms in total. The van der Waals surface area contributed by atoms with Crippen LogP contribution in [0.1, 0.15) is 37.9 Å². The largest absolute Gasteiger partial charge is 0.326 e. The van der Waals surface area contributed by atoms with Crippen molar-refractivity contribution < 1.29 is 0 Å². The van der Waals surface area contributed by atoms with Gasteiger partial charge < -0.3 is 5.73 Å².